The third kappa shape index (κ3) is 3.06. The summed E-state index contributed by atoms with van der Waals surface area (Å²) >= 11 is 1.60. The standard InChI is InChI=1S/C22H22N4O2S/c1-22(2)11-15-18(16(27)12-22)19(13-6-8-14(28-3)9-7-13)26-21(23-15)24-20(25-26)17-5-4-10-29-17/h4-10,19H,11-12H2,1-3H3,(H,23,24,25). The van der Waals surface area contributed by atoms with Gasteiger partial charge < -0.3 is 10.1 Å². The van der Waals surface area contributed by atoms with Crippen LogP contribution in [0.25, 0.3) is 10.7 Å². The Bertz CT molecular complexity index is 1110. The normalized spacial score (nSPS) is 20.1. The summed E-state index contributed by atoms with van der Waals surface area (Å²) in [6.07, 6.45) is 1.34. The maximum atomic E-state index is 13.2. The van der Waals surface area contributed by atoms with Gasteiger partial charge in [-0.2, -0.15) is 4.98 Å². The number of allylic oxidation sites excluding steroid dienone is 2. The second kappa shape index (κ2) is 6.56. The molecule has 0 amide bonds. The lowest BCUT2D eigenvalue weighted by molar-refractivity contribution is -0.118. The number of anilines is 1. The molecule has 148 valence electrons. The first-order valence-electron chi connectivity index (χ1n) is 9.63. The highest BCUT2D eigenvalue weighted by Gasteiger charge is 2.41. The Morgan fingerprint density at radius 2 is 2.00 bits per heavy atom. The summed E-state index contributed by atoms with van der Waals surface area (Å²) < 4.78 is 7.16. The van der Waals surface area contributed by atoms with Crippen molar-refractivity contribution < 1.29 is 9.53 Å². The van der Waals surface area contributed by atoms with E-state index < -0.39 is 0 Å². The number of ketones is 1. The minimum Gasteiger partial charge on any atom is -0.497 e. The number of Topliss-reactive ketones (excluding diaryl/α,β-unsaturated/α-hetero) is 1. The summed E-state index contributed by atoms with van der Waals surface area (Å²) in [6, 6.07) is 11.6. The van der Waals surface area contributed by atoms with Gasteiger partial charge >= 0.3 is 0 Å². The number of methoxy groups -OCH3 is 1. The van der Waals surface area contributed by atoms with Gasteiger partial charge in [-0.3, -0.25) is 4.79 Å². The zero-order chi connectivity index (χ0) is 20.2. The fourth-order valence-corrected chi connectivity index (χ4v) is 4.87. The fourth-order valence-electron chi connectivity index (χ4n) is 4.21. The largest absolute Gasteiger partial charge is 0.497 e. The molecule has 1 N–H and O–H groups in total. The summed E-state index contributed by atoms with van der Waals surface area (Å²) in [4.78, 5) is 19.0. The highest BCUT2D eigenvalue weighted by Crippen LogP contribution is 2.45. The smallest absolute Gasteiger partial charge is 0.226 e. The van der Waals surface area contributed by atoms with E-state index in [1.807, 2.05) is 46.5 Å². The number of hydrogen-bond acceptors (Lipinski definition) is 6. The van der Waals surface area contributed by atoms with Gasteiger partial charge in [-0.15, -0.1) is 16.4 Å². The van der Waals surface area contributed by atoms with Crippen molar-refractivity contribution in [3.05, 3.63) is 58.6 Å². The fraction of sp³-hybridized carbons (Fsp3) is 0.318. The van der Waals surface area contributed by atoms with Gasteiger partial charge in [0.05, 0.1) is 12.0 Å². The molecule has 1 aromatic carbocycles. The molecule has 2 aliphatic rings. The van der Waals surface area contributed by atoms with Crippen LogP contribution in [0.1, 0.15) is 38.3 Å². The molecular formula is C22H22N4O2S. The van der Waals surface area contributed by atoms with Crippen LogP contribution in [-0.4, -0.2) is 27.7 Å². The van der Waals surface area contributed by atoms with E-state index in [1.54, 1.807) is 18.4 Å². The first kappa shape index (κ1) is 18.1. The Morgan fingerprint density at radius 1 is 1.21 bits per heavy atom. The van der Waals surface area contributed by atoms with Crippen LogP contribution in [0.4, 0.5) is 5.95 Å². The number of ether oxygens (including phenoxy) is 1. The van der Waals surface area contributed by atoms with Crippen molar-refractivity contribution in [3.8, 4) is 16.5 Å². The third-order valence-electron chi connectivity index (χ3n) is 5.51. The van der Waals surface area contributed by atoms with Crippen LogP contribution in [-0.2, 0) is 4.79 Å². The summed E-state index contributed by atoms with van der Waals surface area (Å²) in [5, 5.41) is 10.2. The second-order valence-electron chi connectivity index (χ2n) is 8.31. The molecule has 0 fully saturated rings. The number of thiophene rings is 1. The van der Waals surface area contributed by atoms with E-state index in [4.69, 9.17) is 14.8 Å². The van der Waals surface area contributed by atoms with Crippen molar-refractivity contribution in [1.29, 1.82) is 0 Å². The van der Waals surface area contributed by atoms with E-state index >= 15 is 0 Å². The molecule has 0 saturated carbocycles. The topological polar surface area (TPSA) is 69.0 Å². The van der Waals surface area contributed by atoms with Gasteiger partial charge in [-0.25, -0.2) is 4.68 Å². The molecule has 1 atom stereocenters. The highest BCUT2D eigenvalue weighted by atomic mass is 32.1. The third-order valence-corrected chi connectivity index (χ3v) is 6.37. The van der Waals surface area contributed by atoms with Crippen molar-refractivity contribution in [2.75, 3.05) is 12.4 Å². The Morgan fingerprint density at radius 3 is 2.69 bits per heavy atom. The van der Waals surface area contributed by atoms with Gasteiger partial charge in [-0.05, 0) is 41.0 Å². The number of nitrogens with one attached hydrogen (secondary N) is 1. The van der Waals surface area contributed by atoms with Crippen LogP contribution in [0, 0.1) is 5.41 Å². The summed E-state index contributed by atoms with van der Waals surface area (Å²) in [5.41, 5.74) is 2.68. The molecule has 5 rings (SSSR count). The summed E-state index contributed by atoms with van der Waals surface area (Å²) in [5.74, 6) is 2.31. The number of rotatable bonds is 3. The number of benzene rings is 1. The van der Waals surface area contributed by atoms with Crippen molar-refractivity contribution in [3.63, 3.8) is 0 Å². The quantitative estimate of drug-likeness (QED) is 0.684. The number of aromatic nitrogens is 3. The monoisotopic (exact) mass is 406 g/mol. The number of carbonyl (C=O) groups is 1. The number of carbonyl (C=O) groups excluding carboxylic acids is 1. The average molecular weight is 407 g/mol. The first-order valence-corrected chi connectivity index (χ1v) is 10.5. The maximum absolute atomic E-state index is 13.2. The molecule has 0 saturated heterocycles. The predicted molar refractivity (Wildman–Crippen MR) is 113 cm³/mol. The van der Waals surface area contributed by atoms with E-state index in [0.717, 1.165) is 33.9 Å². The zero-order valence-corrected chi connectivity index (χ0v) is 17.4. The average Bonchev–Trinajstić information content (AvgIpc) is 3.35. The van der Waals surface area contributed by atoms with Gasteiger partial charge in [0.15, 0.2) is 11.6 Å². The molecule has 1 aliphatic carbocycles. The molecule has 6 nitrogen and oxygen atoms in total. The summed E-state index contributed by atoms with van der Waals surface area (Å²) in [7, 11) is 1.65. The lowest BCUT2D eigenvalue weighted by Crippen LogP contribution is -2.36. The SMILES string of the molecule is COc1ccc(C2C3=C(CC(C)(C)CC3=O)Nc3nc(-c4cccs4)nn32)cc1. The molecule has 0 bridgehead atoms. The van der Waals surface area contributed by atoms with Crippen molar-refractivity contribution >= 4 is 23.1 Å². The lowest BCUT2D eigenvalue weighted by Gasteiger charge is -2.38. The summed E-state index contributed by atoms with van der Waals surface area (Å²) in [6.45, 7) is 4.27. The molecule has 1 unspecified atom stereocenters. The van der Waals surface area contributed by atoms with Gasteiger partial charge in [0.2, 0.25) is 5.95 Å². The molecule has 1 aliphatic heterocycles. The minimum absolute atomic E-state index is 0.0772. The van der Waals surface area contributed by atoms with E-state index in [9.17, 15) is 4.79 Å². The highest BCUT2D eigenvalue weighted by molar-refractivity contribution is 7.13. The Kier molecular flexibility index (Phi) is 4.10. The Hall–Kier alpha value is -2.93. The lowest BCUT2D eigenvalue weighted by atomic mass is 9.73. The van der Waals surface area contributed by atoms with Crippen LogP contribution in [0.5, 0.6) is 5.75 Å². The van der Waals surface area contributed by atoms with Crippen LogP contribution in [0.2, 0.25) is 0 Å². The second-order valence-corrected chi connectivity index (χ2v) is 9.26. The first-order chi connectivity index (χ1) is 13.9. The molecule has 0 spiro atoms. The Labute approximate surface area is 173 Å². The van der Waals surface area contributed by atoms with Crippen molar-refractivity contribution in [2.45, 2.75) is 32.7 Å². The number of fused-ring (bicyclic) bond motifs is 1. The van der Waals surface area contributed by atoms with E-state index in [-0.39, 0.29) is 17.2 Å². The minimum atomic E-state index is -0.294. The zero-order valence-electron chi connectivity index (χ0n) is 16.6. The molecule has 7 heteroatoms. The predicted octanol–water partition coefficient (Wildman–Crippen LogP) is 4.67. The maximum Gasteiger partial charge on any atom is 0.226 e. The van der Waals surface area contributed by atoms with Gasteiger partial charge in [-0.1, -0.05) is 32.0 Å². The van der Waals surface area contributed by atoms with E-state index in [1.165, 1.54) is 0 Å². The molecule has 3 heterocycles. The van der Waals surface area contributed by atoms with Crippen LogP contribution in [0.15, 0.2) is 53.0 Å². The van der Waals surface area contributed by atoms with Gasteiger partial charge in [0.25, 0.3) is 0 Å². The van der Waals surface area contributed by atoms with Crippen LogP contribution >= 0.6 is 11.3 Å². The molecule has 0 radical (unpaired) electrons. The van der Waals surface area contributed by atoms with E-state index in [2.05, 4.69) is 19.2 Å². The van der Waals surface area contributed by atoms with Crippen LogP contribution in [0.3, 0.4) is 0 Å². The molecule has 29 heavy (non-hydrogen) atoms. The molecular weight excluding hydrogens is 384 g/mol. The van der Waals surface area contributed by atoms with Crippen molar-refractivity contribution in [1.82, 2.24) is 14.8 Å². The number of nitrogens with zero attached hydrogens (tertiary/aromatic N) is 3. The van der Waals surface area contributed by atoms with Gasteiger partial charge in [0.1, 0.15) is 11.8 Å². The van der Waals surface area contributed by atoms with Crippen molar-refractivity contribution in [2.24, 2.45) is 5.41 Å². The molecule has 3 aromatic rings. The molecule has 2 aromatic heterocycles. The van der Waals surface area contributed by atoms with E-state index in [0.29, 0.717) is 18.2 Å². The number of hydrogen-bond donors (Lipinski definition) is 1. The van der Waals surface area contributed by atoms with Crippen LogP contribution < -0.4 is 10.1 Å². The van der Waals surface area contributed by atoms with Gasteiger partial charge in [0, 0.05) is 17.7 Å². The Balaban J connectivity index is 1.67.